The number of carbonyl (C=O) groups is 2. The van der Waals surface area contributed by atoms with Crippen molar-refractivity contribution in [2.24, 2.45) is 5.10 Å². The van der Waals surface area contributed by atoms with Crippen molar-refractivity contribution in [1.29, 1.82) is 0 Å². The summed E-state index contributed by atoms with van der Waals surface area (Å²) < 4.78 is 13.0. The quantitative estimate of drug-likeness (QED) is 0.629. The zero-order valence-corrected chi connectivity index (χ0v) is 13.7. The third-order valence-electron chi connectivity index (χ3n) is 2.85. The lowest BCUT2D eigenvalue weighted by molar-refractivity contribution is -0.120. The zero-order valence-electron chi connectivity index (χ0n) is 12.2. The molecular weight excluding hydrogens is 356 g/mol. The lowest BCUT2D eigenvalue weighted by atomic mass is 10.2. The molecule has 0 fully saturated rings. The van der Waals surface area contributed by atoms with Crippen LogP contribution < -0.4 is 10.7 Å². The van der Waals surface area contributed by atoms with Gasteiger partial charge in [-0.05, 0) is 30.3 Å². The molecule has 0 unspecified atom stereocenters. The SMILES string of the molecule is O=C(CNC(=O)c1cccc(F)c1)NN=Cc1ccc(Cl)cc1Cl. The number of nitrogens with zero attached hydrogens (tertiary/aromatic N) is 1. The molecule has 2 N–H and O–H groups in total. The molecule has 2 amide bonds. The maximum Gasteiger partial charge on any atom is 0.259 e. The number of hydrazone groups is 1. The lowest BCUT2D eigenvalue weighted by Gasteiger charge is -2.04. The molecule has 124 valence electrons. The number of rotatable bonds is 5. The number of hydrogen-bond acceptors (Lipinski definition) is 3. The van der Waals surface area contributed by atoms with E-state index in [-0.39, 0.29) is 12.1 Å². The van der Waals surface area contributed by atoms with Gasteiger partial charge in [0.15, 0.2) is 0 Å². The van der Waals surface area contributed by atoms with Gasteiger partial charge < -0.3 is 5.32 Å². The van der Waals surface area contributed by atoms with Crippen molar-refractivity contribution in [3.63, 3.8) is 0 Å². The molecule has 8 heteroatoms. The van der Waals surface area contributed by atoms with Crippen LogP contribution in [0.1, 0.15) is 15.9 Å². The standard InChI is InChI=1S/C16H12Cl2FN3O2/c17-12-5-4-11(14(18)7-12)8-21-22-15(23)9-20-16(24)10-2-1-3-13(19)6-10/h1-8H,9H2,(H,20,24)(H,22,23). The van der Waals surface area contributed by atoms with Gasteiger partial charge >= 0.3 is 0 Å². The van der Waals surface area contributed by atoms with Crippen LogP contribution >= 0.6 is 23.2 Å². The molecular formula is C16H12Cl2FN3O2. The monoisotopic (exact) mass is 367 g/mol. The largest absolute Gasteiger partial charge is 0.343 e. The van der Waals surface area contributed by atoms with Gasteiger partial charge in [-0.25, -0.2) is 9.82 Å². The van der Waals surface area contributed by atoms with Crippen LogP contribution in [0.3, 0.4) is 0 Å². The Morgan fingerprint density at radius 2 is 1.96 bits per heavy atom. The second-order valence-electron chi connectivity index (χ2n) is 4.65. The minimum Gasteiger partial charge on any atom is -0.343 e. The van der Waals surface area contributed by atoms with Gasteiger partial charge in [0.2, 0.25) is 0 Å². The molecule has 0 atom stereocenters. The molecule has 0 spiro atoms. The van der Waals surface area contributed by atoms with E-state index in [1.54, 1.807) is 18.2 Å². The van der Waals surface area contributed by atoms with Crippen LogP contribution in [0.15, 0.2) is 47.6 Å². The second kappa shape index (κ2) is 8.42. The third kappa shape index (κ3) is 5.33. The summed E-state index contributed by atoms with van der Waals surface area (Å²) in [6.07, 6.45) is 1.35. The van der Waals surface area contributed by atoms with Crippen LogP contribution in [0.4, 0.5) is 4.39 Å². The Morgan fingerprint density at radius 1 is 1.17 bits per heavy atom. The number of hydrogen-bond donors (Lipinski definition) is 2. The molecule has 0 heterocycles. The van der Waals surface area contributed by atoms with Crippen molar-refractivity contribution in [3.05, 3.63) is 69.5 Å². The average Bonchev–Trinajstić information content (AvgIpc) is 2.54. The molecule has 2 rings (SSSR count). The van der Waals surface area contributed by atoms with Crippen molar-refractivity contribution >= 4 is 41.2 Å². The Kier molecular flexibility index (Phi) is 6.28. The van der Waals surface area contributed by atoms with E-state index in [9.17, 15) is 14.0 Å². The molecule has 5 nitrogen and oxygen atoms in total. The molecule has 2 aromatic rings. The highest BCUT2D eigenvalue weighted by molar-refractivity contribution is 6.36. The number of nitrogens with one attached hydrogen (secondary N) is 2. The summed E-state index contributed by atoms with van der Waals surface area (Å²) >= 11 is 11.7. The molecule has 2 aromatic carbocycles. The van der Waals surface area contributed by atoms with Crippen LogP contribution in [-0.4, -0.2) is 24.6 Å². The van der Waals surface area contributed by atoms with E-state index in [0.29, 0.717) is 15.6 Å². The Balaban J connectivity index is 1.83. The highest BCUT2D eigenvalue weighted by Gasteiger charge is 2.08. The van der Waals surface area contributed by atoms with Crippen LogP contribution in [0.5, 0.6) is 0 Å². The zero-order chi connectivity index (χ0) is 17.5. The van der Waals surface area contributed by atoms with Crippen molar-refractivity contribution < 1.29 is 14.0 Å². The Morgan fingerprint density at radius 3 is 2.67 bits per heavy atom. The molecule has 0 saturated carbocycles. The normalized spacial score (nSPS) is 10.6. The number of carbonyl (C=O) groups excluding carboxylic acids is 2. The van der Waals surface area contributed by atoms with Crippen LogP contribution in [-0.2, 0) is 4.79 Å². The number of amides is 2. The van der Waals surface area contributed by atoms with E-state index in [0.717, 1.165) is 6.07 Å². The Bertz CT molecular complexity index is 797. The molecule has 0 aromatic heterocycles. The highest BCUT2D eigenvalue weighted by Crippen LogP contribution is 2.19. The molecule has 0 aliphatic heterocycles. The molecule has 24 heavy (non-hydrogen) atoms. The number of halogens is 3. The van der Waals surface area contributed by atoms with Gasteiger partial charge in [0.05, 0.1) is 17.8 Å². The maximum absolute atomic E-state index is 13.0. The van der Waals surface area contributed by atoms with E-state index >= 15 is 0 Å². The first-order chi connectivity index (χ1) is 11.5. The van der Waals surface area contributed by atoms with Gasteiger partial charge in [0.25, 0.3) is 11.8 Å². The number of benzene rings is 2. The fraction of sp³-hybridized carbons (Fsp3) is 0.0625. The topological polar surface area (TPSA) is 70.6 Å². The van der Waals surface area contributed by atoms with Crippen LogP contribution in [0.2, 0.25) is 10.0 Å². The molecule has 0 bridgehead atoms. The molecule has 0 radical (unpaired) electrons. The van der Waals surface area contributed by atoms with E-state index < -0.39 is 17.6 Å². The summed E-state index contributed by atoms with van der Waals surface area (Å²) in [6.45, 7) is -0.305. The van der Waals surface area contributed by atoms with Crippen LogP contribution in [0.25, 0.3) is 0 Å². The highest BCUT2D eigenvalue weighted by atomic mass is 35.5. The predicted molar refractivity (Wildman–Crippen MR) is 90.9 cm³/mol. The third-order valence-corrected chi connectivity index (χ3v) is 3.41. The Hall–Kier alpha value is -2.44. The summed E-state index contributed by atoms with van der Waals surface area (Å²) in [6, 6.07) is 9.98. The van der Waals surface area contributed by atoms with E-state index in [1.807, 2.05) is 0 Å². The van der Waals surface area contributed by atoms with Crippen molar-refractivity contribution in [2.75, 3.05) is 6.54 Å². The van der Waals surface area contributed by atoms with Gasteiger partial charge in [-0.3, -0.25) is 9.59 Å². The van der Waals surface area contributed by atoms with Gasteiger partial charge in [-0.15, -0.1) is 0 Å². The molecule has 0 aliphatic rings. The minimum atomic E-state index is -0.561. The van der Waals surface area contributed by atoms with E-state index in [2.05, 4.69) is 15.8 Å². The summed E-state index contributed by atoms with van der Waals surface area (Å²) in [7, 11) is 0. The average molecular weight is 368 g/mol. The summed E-state index contributed by atoms with van der Waals surface area (Å²) in [4.78, 5) is 23.4. The maximum atomic E-state index is 13.0. The second-order valence-corrected chi connectivity index (χ2v) is 5.50. The van der Waals surface area contributed by atoms with Crippen molar-refractivity contribution in [1.82, 2.24) is 10.7 Å². The van der Waals surface area contributed by atoms with Gasteiger partial charge in [-0.1, -0.05) is 35.3 Å². The summed E-state index contributed by atoms with van der Waals surface area (Å²) in [5.41, 5.74) is 2.94. The lowest BCUT2D eigenvalue weighted by Crippen LogP contribution is -2.34. The van der Waals surface area contributed by atoms with Crippen molar-refractivity contribution in [2.45, 2.75) is 0 Å². The van der Waals surface area contributed by atoms with Gasteiger partial charge in [0.1, 0.15) is 5.82 Å². The molecule has 0 aliphatic carbocycles. The molecule has 0 saturated heterocycles. The van der Waals surface area contributed by atoms with Gasteiger partial charge in [0, 0.05) is 16.1 Å². The first-order valence-electron chi connectivity index (χ1n) is 6.76. The van der Waals surface area contributed by atoms with Crippen molar-refractivity contribution in [3.8, 4) is 0 Å². The van der Waals surface area contributed by atoms with Crippen LogP contribution in [0, 0.1) is 5.82 Å². The smallest absolute Gasteiger partial charge is 0.259 e. The fourth-order valence-electron chi connectivity index (χ4n) is 1.71. The fourth-order valence-corrected chi connectivity index (χ4v) is 2.17. The predicted octanol–water partition coefficient (Wildman–Crippen LogP) is 3.01. The summed E-state index contributed by atoms with van der Waals surface area (Å²) in [5.74, 6) is -1.63. The first-order valence-corrected chi connectivity index (χ1v) is 7.52. The van der Waals surface area contributed by atoms with E-state index in [4.69, 9.17) is 23.2 Å². The first kappa shape index (κ1) is 17.9. The minimum absolute atomic E-state index is 0.124. The Labute approximate surface area is 147 Å². The van der Waals surface area contributed by atoms with Gasteiger partial charge in [-0.2, -0.15) is 5.10 Å². The van der Waals surface area contributed by atoms with E-state index in [1.165, 1.54) is 24.4 Å². The summed E-state index contributed by atoms with van der Waals surface area (Å²) in [5, 5.41) is 6.97.